The first-order valence-electron chi connectivity index (χ1n) is 8.68. The smallest absolute Gasteiger partial charge is 0.332 e. The first-order valence-corrected chi connectivity index (χ1v) is 8.68. The van der Waals surface area contributed by atoms with Gasteiger partial charge in [0, 0.05) is 31.1 Å². The van der Waals surface area contributed by atoms with Crippen LogP contribution >= 0.6 is 0 Å². The number of fused-ring (bicyclic) bond motifs is 1. The fourth-order valence-corrected chi connectivity index (χ4v) is 5.21. The summed E-state index contributed by atoms with van der Waals surface area (Å²) in [4.78, 5) is 12.3. The van der Waals surface area contributed by atoms with Gasteiger partial charge in [0.2, 0.25) is 0 Å². The molecular formula is C18H28O7. The van der Waals surface area contributed by atoms with Gasteiger partial charge >= 0.3 is 5.97 Å². The van der Waals surface area contributed by atoms with E-state index in [4.69, 9.17) is 9.47 Å². The minimum Gasteiger partial charge on any atom is -0.457 e. The molecule has 0 aromatic carbocycles. The lowest BCUT2D eigenvalue weighted by Gasteiger charge is -2.57. The highest BCUT2D eigenvalue weighted by atomic mass is 16.6. The van der Waals surface area contributed by atoms with Crippen LogP contribution in [0.5, 0.6) is 0 Å². The SMILES string of the molecule is C=C(C)C(O)OCC(=O)OC12CC3C(O)(CC(C)(O)C1C)CC3(O)C2. The number of aliphatic hydroxyl groups is 4. The van der Waals surface area contributed by atoms with E-state index in [1.54, 1.807) is 20.8 Å². The average Bonchev–Trinajstić information content (AvgIpc) is 2.70. The number of hydrogen-bond donors (Lipinski definition) is 4. The third-order valence-electron chi connectivity index (χ3n) is 6.55. The van der Waals surface area contributed by atoms with Gasteiger partial charge in [-0.1, -0.05) is 13.5 Å². The molecule has 0 heterocycles. The Hall–Kier alpha value is -0.990. The molecule has 0 spiro atoms. The maximum absolute atomic E-state index is 12.3. The van der Waals surface area contributed by atoms with Crippen molar-refractivity contribution in [2.45, 2.75) is 75.1 Å². The monoisotopic (exact) mass is 356 g/mol. The van der Waals surface area contributed by atoms with Gasteiger partial charge in [0.1, 0.15) is 12.2 Å². The quantitative estimate of drug-likeness (QED) is 0.317. The van der Waals surface area contributed by atoms with E-state index in [9.17, 15) is 25.2 Å². The Morgan fingerprint density at radius 2 is 1.84 bits per heavy atom. The van der Waals surface area contributed by atoms with E-state index in [0.29, 0.717) is 12.0 Å². The van der Waals surface area contributed by atoms with Crippen molar-refractivity contribution in [3.8, 4) is 0 Å². The molecule has 7 nitrogen and oxygen atoms in total. The van der Waals surface area contributed by atoms with Crippen LogP contribution in [-0.4, -0.2) is 61.7 Å². The van der Waals surface area contributed by atoms with E-state index >= 15 is 0 Å². The highest BCUT2D eigenvalue weighted by molar-refractivity contribution is 5.71. The molecule has 7 heteroatoms. The molecule has 3 saturated carbocycles. The van der Waals surface area contributed by atoms with E-state index in [2.05, 4.69) is 6.58 Å². The minimum atomic E-state index is -1.26. The second-order valence-corrected chi connectivity index (χ2v) is 8.62. The van der Waals surface area contributed by atoms with Crippen molar-refractivity contribution < 1.29 is 34.7 Å². The van der Waals surface area contributed by atoms with Crippen molar-refractivity contribution in [2.75, 3.05) is 6.61 Å². The summed E-state index contributed by atoms with van der Waals surface area (Å²) in [5, 5.41) is 42.0. The number of ether oxygens (including phenoxy) is 2. The number of carbonyl (C=O) groups excluding carboxylic acids is 1. The number of esters is 1. The second-order valence-electron chi connectivity index (χ2n) is 8.62. The van der Waals surface area contributed by atoms with Crippen molar-refractivity contribution >= 4 is 5.97 Å². The molecule has 3 aliphatic rings. The molecule has 4 N–H and O–H groups in total. The van der Waals surface area contributed by atoms with Crippen molar-refractivity contribution in [1.82, 2.24) is 0 Å². The predicted octanol–water partition coefficient (Wildman–Crippen LogP) is 0.246. The summed E-state index contributed by atoms with van der Waals surface area (Å²) in [6.45, 7) is 8.06. The van der Waals surface area contributed by atoms with Gasteiger partial charge in [-0.3, -0.25) is 0 Å². The Kier molecular flexibility index (Phi) is 4.14. The van der Waals surface area contributed by atoms with E-state index < -0.39 is 53.1 Å². The molecule has 0 aromatic rings. The van der Waals surface area contributed by atoms with Crippen LogP contribution in [0.25, 0.3) is 0 Å². The van der Waals surface area contributed by atoms with Gasteiger partial charge in [0.05, 0.1) is 16.8 Å². The number of carbonyl (C=O) groups is 1. The molecule has 0 aliphatic heterocycles. The maximum Gasteiger partial charge on any atom is 0.332 e. The molecule has 7 unspecified atom stereocenters. The molecule has 0 saturated heterocycles. The zero-order valence-electron chi connectivity index (χ0n) is 15.0. The largest absolute Gasteiger partial charge is 0.457 e. The average molecular weight is 356 g/mol. The standard InChI is InChI=1S/C18H28O7/c1-10(2)14(20)24-6-13(19)25-18-5-12-16(22,8-17(12,23)9-18)7-15(4,21)11(18)3/h11-12,14,20-23H,1,5-9H2,2-4H3. The molecule has 7 atom stereocenters. The van der Waals surface area contributed by atoms with E-state index in [-0.39, 0.29) is 19.3 Å². The van der Waals surface area contributed by atoms with Crippen LogP contribution in [0.2, 0.25) is 0 Å². The maximum atomic E-state index is 12.3. The Balaban J connectivity index is 1.79. The first kappa shape index (κ1) is 18.8. The highest BCUT2D eigenvalue weighted by Gasteiger charge is 2.76. The number of rotatable bonds is 5. The lowest BCUT2D eigenvalue weighted by Crippen LogP contribution is -2.67. The third-order valence-corrected chi connectivity index (χ3v) is 6.55. The molecular weight excluding hydrogens is 328 g/mol. The normalized spacial score (nSPS) is 49.1. The third kappa shape index (κ3) is 2.82. The van der Waals surface area contributed by atoms with Gasteiger partial charge in [-0.05, 0) is 25.8 Å². The van der Waals surface area contributed by atoms with Crippen LogP contribution < -0.4 is 0 Å². The summed E-state index contributed by atoms with van der Waals surface area (Å²) in [6.07, 6.45) is -0.463. The topological polar surface area (TPSA) is 116 Å². The Bertz CT molecular complexity index is 602. The van der Waals surface area contributed by atoms with Crippen LogP contribution in [0.15, 0.2) is 12.2 Å². The molecule has 25 heavy (non-hydrogen) atoms. The Labute approximate surface area is 147 Å². The van der Waals surface area contributed by atoms with Crippen LogP contribution in [-0.2, 0) is 14.3 Å². The second kappa shape index (κ2) is 5.50. The van der Waals surface area contributed by atoms with Gasteiger partial charge in [-0.2, -0.15) is 0 Å². The fraction of sp³-hybridized carbons (Fsp3) is 0.833. The van der Waals surface area contributed by atoms with Gasteiger partial charge < -0.3 is 29.9 Å². The Morgan fingerprint density at radius 3 is 2.44 bits per heavy atom. The Morgan fingerprint density at radius 1 is 1.24 bits per heavy atom. The summed E-state index contributed by atoms with van der Waals surface area (Å²) in [6, 6.07) is 0. The number of hydrogen-bond acceptors (Lipinski definition) is 7. The van der Waals surface area contributed by atoms with Crippen molar-refractivity contribution in [3.63, 3.8) is 0 Å². The molecule has 142 valence electrons. The first-order chi connectivity index (χ1) is 11.3. The zero-order chi connectivity index (χ0) is 18.8. The van der Waals surface area contributed by atoms with Crippen LogP contribution in [0, 0.1) is 11.8 Å². The fourth-order valence-electron chi connectivity index (χ4n) is 5.21. The van der Waals surface area contributed by atoms with Crippen LogP contribution in [0.4, 0.5) is 0 Å². The van der Waals surface area contributed by atoms with Crippen LogP contribution in [0.3, 0.4) is 0 Å². The summed E-state index contributed by atoms with van der Waals surface area (Å²) in [5.74, 6) is -1.58. The predicted molar refractivity (Wildman–Crippen MR) is 87.2 cm³/mol. The molecule has 3 fully saturated rings. The highest BCUT2D eigenvalue weighted by Crippen LogP contribution is 2.67. The summed E-state index contributed by atoms with van der Waals surface area (Å²) in [7, 11) is 0. The number of aliphatic hydroxyl groups excluding tert-OH is 1. The lowest BCUT2D eigenvalue weighted by molar-refractivity contribution is -0.255. The minimum absolute atomic E-state index is 0.137. The van der Waals surface area contributed by atoms with Crippen LogP contribution in [0.1, 0.15) is 46.5 Å². The molecule has 3 aliphatic carbocycles. The van der Waals surface area contributed by atoms with E-state index in [1.165, 1.54) is 0 Å². The molecule has 3 rings (SSSR count). The van der Waals surface area contributed by atoms with E-state index in [0.717, 1.165) is 0 Å². The van der Waals surface area contributed by atoms with Gasteiger partial charge in [0.25, 0.3) is 0 Å². The van der Waals surface area contributed by atoms with Crippen molar-refractivity contribution in [3.05, 3.63) is 12.2 Å². The summed E-state index contributed by atoms with van der Waals surface area (Å²) in [5.41, 5.74) is -4.14. The van der Waals surface area contributed by atoms with Crippen molar-refractivity contribution in [1.29, 1.82) is 0 Å². The van der Waals surface area contributed by atoms with Crippen molar-refractivity contribution in [2.24, 2.45) is 11.8 Å². The molecule has 2 bridgehead atoms. The van der Waals surface area contributed by atoms with Gasteiger partial charge in [-0.25, -0.2) is 4.79 Å². The summed E-state index contributed by atoms with van der Waals surface area (Å²) >= 11 is 0. The van der Waals surface area contributed by atoms with Gasteiger partial charge in [-0.15, -0.1) is 0 Å². The molecule has 0 radical (unpaired) electrons. The zero-order valence-corrected chi connectivity index (χ0v) is 15.0. The van der Waals surface area contributed by atoms with E-state index in [1.807, 2.05) is 0 Å². The van der Waals surface area contributed by atoms with Gasteiger partial charge in [0.15, 0.2) is 6.29 Å². The lowest BCUT2D eigenvalue weighted by atomic mass is 9.55. The molecule has 0 aromatic heterocycles. The molecule has 0 amide bonds. The summed E-state index contributed by atoms with van der Waals surface area (Å²) < 4.78 is 10.7.